The lowest BCUT2D eigenvalue weighted by molar-refractivity contribution is 0.445. The molecule has 0 spiro atoms. The zero-order chi connectivity index (χ0) is 15.8. The Hall–Kier alpha value is -2.36. The number of rotatable bonds is 2. The average Bonchev–Trinajstić information content (AvgIpc) is 2.96. The highest BCUT2D eigenvalue weighted by Gasteiger charge is 2.25. The van der Waals surface area contributed by atoms with Crippen LogP contribution in [0.4, 0.5) is 0 Å². The number of hydrogen-bond acceptors (Lipinski definition) is 2. The highest BCUT2D eigenvalue weighted by atomic mass is 16.1. The molecule has 1 N–H and O–H groups in total. The van der Waals surface area contributed by atoms with Crippen LogP contribution in [0, 0.1) is 6.92 Å². The molecule has 0 bridgehead atoms. The minimum Gasteiger partial charge on any atom is -0.289 e. The number of aromatic amines is 1. The van der Waals surface area contributed by atoms with E-state index < -0.39 is 0 Å². The summed E-state index contributed by atoms with van der Waals surface area (Å²) in [6.45, 7) is 1.89. The second kappa shape index (κ2) is 5.69. The van der Waals surface area contributed by atoms with Crippen LogP contribution < -0.4 is 5.56 Å². The third-order valence-corrected chi connectivity index (χ3v) is 4.86. The molecule has 2 heterocycles. The summed E-state index contributed by atoms with van der Waals surface area (Å²) in [4.78, 5) is 17.1. The van der Waals surface area contributed by atoms with Crippen LogP contribution in [0.15, 0.2) is 41.2 Å². The second-order valence-electron chi connectivity index (χ2n) is 6.50. The quantitative estimate of drug-likeness (QED) is 0.776. The van der Waals surface area contributed by atoms with Crippen molar-refractivity contribution in [3.8, 4) is 11.3 Å². The number of H-pyrrole nitrogens is 1. The number of nitrogens with zero attached hydrogens (tertiary/aromatic N) is 2. The summed E-state index contributed by atoms with van der Waals surface area (Å²) >= 11 is 0. The first kappa shape index (κ1) is 14.2. The smallest absolute Gasteiger partial charge is 0.272 e. The van der Waals surface area contributed by atoms with Crippen LogP contribution in [0.25, 0.3) is 16.9 Å². The van der Waals surface area contributed by atoms with E-state index in [0.717, 1.165) is 22.6 Å². The van der Waals surface area contributed by atoms with Crippen molar-refractivity contribution in [1.29, 1.82) is 0 Å². The van der Waals surface area contributed by atoms with E-state index in [4.69, 9.17) is 0 Å². The average molecular weight is 307 g/mol. The molecule has 3 aromatic rings. The van der Waals surface area contributed by atoms with Crippen molar-refractivity contribution in [2.24, 2.45) is 0 Å². The number of aryl methyl sites for hydroxylation is 1. The maximum Gasteiger partial charge on any atom is 0.272 e. The maximum atomic E-state index is 12.4. The van der Waals surface area contributed by atoms with Crippen LogP contribution in [-0.4, -0.2) is 14.6 Å². The third kappa shape index (κ3) is 2.48. The van der Waals surface area contributed by atoms with E-state index in [9.17, 15) is 4.79 Å². The van der Waals surface area contributed by atoms with Crippen molar-refractivity contribution in [1.82, 2.24) is 14.6 Å². The van der Waals surface area contributed by atoms with Gasteiger partial charge in [0.05, 0.1) is 5.69 Å². The summed E-state index contributed by atoms with van der Waals surface area (Å²) in [6.07, 6.45) is 6.18. The normalized spacial score (nSPS) is 16.0. The fourth-order valence-electron chi connectivity index (χ4n) is 3.77. The highest BCUT2D eigenvalue weighted by molar-refractivity contribution is 5.71. The molecular weight excluding hydrogens is 286 g/mol. The molecular formula is C19H21N3O. The number of benzene rings is 1. The predicted molar refractivity (Wildman–Crippen MR) is 91.8 cm³/mol. The summed E-state index contributed by atoms with van der Waals surface area (Å²) in [6, 6.07) is 11.9. The van der Waals surface area contributed by atoms with Gasteiger partial charge in [-0.2, -0.15) is 0 Å². The van der Waals surface area contributed by atoms with Gasteiger partial charge < -0.3 is 0 Å². The van der Waals surface area contributed by atoms with Crippen molar-refractivity contribution >= 4 is 5.65 Å². The van der Waals surface area contributed by atoms with Gasteiger partial charge in [0.25, 0.3) is 5.56 Å². The first-order chi connectivity index (χ1) is 11.2. The first-order valence-electron chi connectivity index (χ1n) is 8.42. The molecule has 4 heteroatoms. The van der Waals surface area contributed by atoms with E-state index in [1.807, 2.05) is 25.1 Å². The first-order valence-corrected chi connectivity index (χ1v) is 8.42. The van der Waals surface area contributed by atoms with Crippen LogP contribution in [0.3, 0.4) is 0 Å². The molecule has 0 saturated heterocycles. The third-order valence-electron chi connectivity index (χ3n) is 4.86. The van der Waals surface area contributed by atoms with Crippen molar-refractivity contribution in [3.05, 3.63) is 58.0 Å². The summed E-state index contributed by atoms with van der Waals surface area (Å²) in [7, 11) is 0. The molecule has 0 amide bonds. The topological polar surface area (TPSA) is 50.2 Å². The van der Waals surface area contributed by atoms with E-state index in [1.165, 1.54) is 37.7 Å². The standard InChI is InChI=1S/C19H21N3O/c1-13-12-16(23)22-19(20-13)17(14-8-4-2-5-9-14)18(21-22)15-10-6-3-7-11-15/h3,6-7,10-12,14,21H,2,4-5,8-9H2,1H3. The van der Waals surface area contributed by atoms with Crippen molar-refractivity contribution < 1.29 is 0 Å². The summed E-state index contributed by atoms with van der Waals surface area (Å²) < 4.78 is 1.61. The zero-order valence-electron chi connectivity index (χ0n) is 13.4. The van der Waals surface area contributed by atoms with Gasteiger partial charge in [0.1, 0.15) is 0 Å². The predicted octanol–water partition coefficient (Wildman–Crippen LogP) is 4.05. The van der Waals surface area contributed by atoms with E-state index in [0.29, 0.717) is 5.92 Å². The molecule has 4 rings (SSSR count). The summed E-state index contributed by atoms with van der Waals surface area (Å²) in [5.41, 5.74) is 4.94. The van der Waals surface area contributed by atoms with Crippen LogP contribution in [0.2, 0.25) is 0 Å². The maximum absolute atomic E-state index is 12.4. The van der Waals surface area contributed by atoms with Crippen molar-refractivity contribution in [2.75, 3.05) is 0 Å². The molecule has 4 nitrogen and oxygen atoms in total. The van der Waals surface area contributed by atoms with E-state index in [-0.39, 0.29) is 5.56 Å². The fraction of sp³-hybridized carbons (Fsp3) is 0.368. The van der Waals surface area contributed by atoms with Gasteiger partial charge in [-0.05, 0) is 31.2 Å². The Morgan fingerprint density at radius 3 is 2.61 bits per heavy atom. The molecule has 1 aliphatic rings. The number of hydrogen-bond donors (Lipinski definition) is 1. The fourth-order valence-corrected chi connectivity index (χ4v) is 3.77. The Bertz CT molecular complexity index is 886. The van der Waals surface area contributed by atoms with Crippen molar-refractivity contribution in [2.45, 2.75) is 44.9 Å². The Labute approximate surface area is 135 Å². The van der Waals surface area contributed by atoms with Gasteiger partial charge in [-0.3, -0.25) is 9.89 Å². The number of fused-ring (bicyclic) bond motifs is 1. The number of aromatic nitrogens is 3. The molecule has 118 valence electrons. The molecule has 1 fully saturated rings. The van der Waals surface area contributed by atoms with E-state index >= 15 is 0 Å². The van der Waals surface area contributed by atoms with Gasteiger partial charge in [0.2, 0.25) is 0 Å². The lowest BCUT2D eigenvalue weighted by atomic mass is 9.83. The minimum absolute atomic E-state index is 0.0354. The molecule has 1 aromatic carbocycles. The van der Waals surface area contributed by atoms with Gasteiger partial charge in [0.15, 0.2) is 5.65 Å². The van der Waals surface area contributed by atoms with Gasteiger partial charge in [-0.25, -0.2) is 9.50 Å². The molecule has 0 radical (unpaired) electrons. The SMILES string of the molecule is Cc1cc(=O)n2[nH]c(-c3ccccc3)c(C3CCCCC3)c2n1. The zero-order valence-corrected chi connectivity index (χ0v) is 13.4. The van der Waals surface area contributed by atoms with Gasteiger partial charge >= 0.3 is 0 Å². The summed E-state index contributed by atoms with van der Waals surface area (Å²) in [5.74, 6) is 0.480. The Morgan fingerprint density at radius 2 is 1.87 bits per heavy atom. The minimum atomic E-state index is -0.0354. The lowest BCUT2D eigenvalue weighted by Crippen LogP contribution is -2.15. The lowest BCUT2D eigenvalue weighted by Gasteiger charge is -2.22. The van der Waals surface area contributed by atoms with E-state index in [2.05, 4.69) is 22.2 Å². The van der Waals surface area contributed by atoms with Crippen LogP contribution >= 0.6 is 0 Å². The summed E-state index contributed by atoms with van der Waals surface area (Å²) in [5, 5.41) is 3.31. The molecule has 0 aliphatic heterocycles. The van der Waals surface area contributed by atoms with Crippen LogP contribution in [-0.2, 0) is 0 Å². The molecule has 23 heavy (non-hydrogen) atoms. The second-order valence-corrected chi connectivity index (χ2v) is 6.50. The van der Waals surface area contributed by atoms with E-state index in [1.54, 1.807) is 10.6 Å². The monoisotopic (exact) mass is 307 g/mol. The Balaban J connectivity index is 2.00. The van der Waals surface area contributed by atoms with Gasteiger partial charge in [-0.1, -0.05) is 49.6 Å². The molecule has 0 atom stereocenters. The molecule has 1 aliphatic carbocycles. The highest BCUT2D eigenvalue weighted by Crippen LogP contribution is 2.39. The molecule has 1 saturated carbocycles. The van der Waals surface area contributed by atoms with Crippen LogP contribution in [0.5, 0.6) is 0 Å². The van der Waals surface area contributed by atoms with Crippen molar-refractivity contribution in [3.63, 3.8) is 0 Å². The Kier molecular flexibility index (Phi) is 3.52. The molecule has 2 aromatic heterocycles. The number of nitrogens with one attached hydrogen (secondary N) is 1. The van der Waals surface area contributed by atoms with Gasteiger partial charge in [0, 0.05) is 17.3 Å². The largest absolute Gasteiger partial charge is 0.289 e. The molecule has 0 unspecified atom stereocenters. The Morgan fingerprint density at radius 1 is 1.13 bits per heavy atom. The van der Waals surface area contributed by atoms with Crippen LogP contribution in [0.1, 0.15) is 49.3 Å². The van der Waals surface area contributed by atoms with Gasteiger partial charge in [-0.15, -0.1) is 0 Å².